The topological polar surface area (TPSA) is 122 Å². The monoisotopic (exact) mass is 520 g/mol. The molecule has 0 spiro atoms. The molecule has 3 aromatic rings. The quantitative estimate of drug-likeness (QED) is 0.326. The minimum Gasteiger partial charge on any atom is -0.490 e. The van der Waals surface area contributed by atoms with E-state index in [0.717, 1.165) is 10.5 Å². The molecular formula is C27H21ClN2O7. The summed E-state index contributed by atoms with van der Waals surface area (Å²) in [6.45, 7) is 2.35. The second-order valence-corrected chi connectivity index (χ2v) is 8.25. The smallest absolute Gasteiger partial charge is 0.335 e. The predicted octanol–water partition coefficient (Wildman–Crippen LogP) is 4.68. The Morgan fingerprint density at radius 1 is 1.03 bits per heavy atom. The first-order valence-corrected chi connectivity index (χ1v) is 11.5. The fourth-order valence-electron chi connectivity index (χ4n) is 3.62. The van der Waals surface area contributed by atoms with Crippen molar-refractivity contribution in [1.29, 1.82) is 0 Å². The molecule has 3 aromatic carbocycles. The highest BCUT2D eigenvalue weighted by molar-refractivity contribution is 6.39. The fourth-order valence-corrected chi connectivity index (χ4v) is 3.89. The van der Waals surface area contributed by atoms with Crippen molar-refractivity contribution in [3.8, 4) is 11.5 Å². The summed E-state index contributed by atoms with van der Waals surface area (Å²) in [5.74, 6) is -2.29. The molecule has 2 N–H and O–H groups in total. The van der Waals surface area contributed by atoms with Crippen LogP contribution in [0.15, 0.2) is 72.3 Å². The summed E-state index contributed by atoms with van der Waals surface area (Å²) < 4.78 is 11.6. The molecule has 1 aliphatic rings. The number of anilines is 1. The molecule has 0 radical (unpaired) electrons. The SMILES string of the molecule is CCOc1cc(/C=C2\C(=O)NC(=O)N(c3ccc(C(=O)O)cc3)C2=O)cc(Cl)c1OCc1ccccc1. The number of hydrogen-bond acceptors (Lipinski definition) is 6. The summed E-state index contributed by atoms with van der Waals surface area (Å²) in [6, 6.07) is 16.7. The highest BCUT2D eigenvalue weighted by Crippen LogP contribution is 2.38. The van der Waals surface area contributed by atoms with Gasteiger partial charge < -0.3 is 14.6 Å². The van der Waals surface area contributed by atoms with Crippen LogP contribution in [-0.4, -0.2) is 35.5 Å². The third kappa shape index (κ3) is 5.62. The highest BCUT2D eigenvalue weighted by atomic mass is 35.5. The number of carboxylic acid groups (broad SMARTS) is 1. The van der Waals surface area contributed by atoms with Crippen molar-refractivity contribution in [2.24, 2.45) is 0 Å². The minimum absolute atomic E-state index is 0.0203. The number of rotatable bonds is 8. The standard InChI is InChI=1S/C27H21ClN2O7/c1-2-36-22-14-17(13-21(28)23(22)37-15-16-6-4-3-5-7-16)12-20-24(31)29-27(35)30(25(20)32)19-10-8-18(9-11-19)26(33)34/h3-14H,2,15H2,1H3,(H,33,34)(H,29,31,35)/b20-12+. The van der Waals surface area contributed by atoms with E-state index in [4.69, 9.17) is 26.2 Å². The summed E-state index contributed by atoms with van der Waals surface area (Å²) in [5.41, 5.74) is 1.06. The molecule has 0 atom stereocenters. The van der Waals surface area contributed by atoms with Gasteiger partial charge in [0.15, 0.2) is 11.5 Å². The molecule has 1 aliphatic heterocycles. The predicted molar refractivity (Wildman–Crippen MR) is 136 cm³/mol. The van der Waals surface area contributed by atoms with E-state index in [2.05, 4.69) is 5.32 Å². The Morgan fingerprint density at radius 3 is 2.38 bits per heavy atom. The third-order valence-corrected chi connectivity index (χ3v) is 5.62. The van der Waals surface area contributed by atoms with Crippen molar-refractivity contribution in [2.75, 3.05) is 11.5 Å². The Labute approximate surface area is 216 Å². The molecule has 0 bridgehead atoms. The van der Waals surface area contributed by atoms with Crippen LogP contribution >= 0.6 is 11.6 Å². The Balaban J connectivity index is 1.65. The van der Waals surface area contributed by atoms with E-state index in [0.29, 0.717) is 23.7 Å². The van der Waals surface area contributed by atoms with Gasteiger partial charge in [-0.15, -0.1) is 0 Å². The van der Waals surface area contributed by atoms with Crippen molar-refractivity contribution in [1.82, 2.24) is 5.32 Å². The molecule has 10 heteroatoms. The van der Waals surface area contributed by atoms with Gasteiger partial charge in [-0.05, 0) is 60.5 Å². The summed E-state index contributed by atoms with van der Waals surface area (Å²) in [7, 11) is 0. The molecule has 1 saturated heterocycles. The zero-order chi connectivity index (χ0) is 26.5. The molecule has 9 nitrogen and oxygen atoms in total. The van der Waals surface area contributed by atoms with Gasteiger partial charge in [0.25, 0.3) is 11.8 Å². The summed E-state index contributed by atoms with van der Waals surface area (Å²) >= 11 is 6.48. The molecule has 1 fully saturated rings. The van der Waals surface area contributed by atoms with Crippen LogP contribution in [0.2, 0.25) is 5.02 Å². The number of imide groups is 2. The maximum Gasteiger partial charge on any atom is 0.335 e. The van der Waals surface area contributed by atoms with Gasteiger partial charge in [-0.2, -0.15) is 0 Å². The molecule has 0 aromatic heterocycles. The normalized spacial score (nSPS) is 14.5. The molecule has 0 unspecified atom stereocenters. The van der Waals surface area contributed by atoms with E-state index in [9.17, 15) is 19.2 Å². The number of ether oxygens (including phenoxy) is 2. The van der Waals surface area contributed by atoms with E-state index in [1.807, 2.05) is 30.3 Å². The molecular weight excluding hydrogens is 500 g/mol. The minimum atomic E-state index is -1.16. The summed E-state index contributed by atoms with van der Waals surface area (Å²) in [5, 5.41) is 11.4. The van der Waals surface area contributed by atoms with Crippen LogP contribution in [0.4, 0.5) is 10.5 Å². The molecule has 37 heavy (non-hydrogen) atoms. The zero-order valence-corrected chi connectivity index (χ0v) is 20.3. The van der Waals surface area contributed by atoms with E-state index >= 15 is 0 Å². The van der Waals surface area contributed by atoms with E-state index < -0.39 is 23.8 Å². The van der Waals surface area contributed by atoms with Gasteiger partial charge in [0.1, 0.15) is 12.2 Å². The Kier molecular flexibility index (Phi) is 7.55. The number of carbonyl (C=O) groups excluding carboxylic acids is 3. The van der Waals surface area contributed by atoms with Crippen molar-refractivity contribution in [3.63, 3.8) is 0 Å². The molecule has 0 saturated carbocycles. The van der Waals surface area contributed by atoms with Crippen LogP contribution in [0.25, 0.3) is 6.08 Å². The second kappa shape index (κ2) is 11.0. The Hall–Kier alpha value is -4.63. The largest absolute Gasteiger partial charge is 0.490 e. The Morgan fingerprint density at radius 2 is 1.73 bits per heavy atom. The molecule has 1 heterocycles. The first kappa shape index (κ1) is 25.5. The van der Waals surface area contributed by atoms with Crippen LogP contribution in [-0.2, 0) is 16.2 Å². The summed E-state index contributed by atoms with van der Waals surface area (Å²) in [4.78, 5) is 50.0. The van der Waals surface area contributed by atoms with Gasteiger partial charge in [-0.1, -0.05) is 41.9 Å². The average Bonchev–Trinajstić information content (AvgIpc) is 2.87. The van der Waals surface area contributed by atoms with Crippen molar-refractivity contribution in [3.05, 3.63) is 94.0 Å². The number of barbiturate groups is 1. The molecule has 4 rings (SSSR count). The lowest BCUT2D eigenvalue weighted by atomic mass is 10.1. The van der Waals surface area contributed by atoms with Crippen molar-refractivity contribution in [2.45, 2.75) is 13.5 Å². The van der Waals surface area contributed by atoms with Gasteiger partial charge in [0, 0.05) is 0 Å². The first-order valence-electron chi connectivity index (χ1n) is 11.2. The fraction of sp³-hybridized carbons (Fsp3) is 0.111. The lowest BCUT2D eigenvalue weighted by Crippen LogP contribution is -2.54. The number of urea groups is 1. The molecule has 188 valence electrons. The maximum atomic E-state index is 13.2. The average molecular weight is 521 g/mol. The zero-order valence-electron chi connectivity index (χ0n) is 19.6. The number of aromatic carboxylic acids is 1. The first-order chi connectivity index (χ1) is 17.8. The van der Waals surface area contributed by atoms with Crippen LogP contribution < -0.4 is 19.7 Å². The lowest BCUT2D eigenvalue weighted by molar-refractivity contribution is -0.122. The molecule has 4 amide bonds. The van der Waals surface area contributed by atoms with Gasteiger partial charge in [0.05, 0.1) is 22.9 Å². The van der Waals surface area contributed by atoms with Gasteiger partial charge >= 0.3 is 12.0 Å². The van der Waals surface area contributed by atoms with E-state index in [-0.39, 0.29) is 28.5 Å². The van der Waals surface area contributed by atoms with Crippen LogP contribution in [0, 0.1) is 0 Å². The number of carboxylic acids is 1. The van der Waals surface area contributed by atoms with Crippen LogP contribution in [0.3, 0.4) is 0 Å². The van der Waals surface area contributed by atoms with Crippen molar-refractivity contribution < 1.29 is 33.8 Å². The molecule has 0 aliphatic carbocycles. The van der Waals surface area contributed by atoms with Crippen LogP contribution in [0.5, 0.6) is 11.5 Å². The third-order valence-electron chi connectivity index (χ3n) is 5.34. The number of halogens is 1. The Bertz CT molecular complexity index is 1400. The number of hydrogen-bond donors (Lipinski definition) is 2. The van der Waals surface area contributed by atoms with E-state index in [1.165, 1.54) is 36.4 Å². The van der Waals surface area contributed by atoms with Crippen LogP contribution in [0.1, 0.15) is 28.4 Å². The highest BCUT2D eigenvalue weighted by Gasteiger charge is 2.37. The van der Waals surface area contributed by atoms with E-state index in [1.54, 1.807) is 13.0 Å². The lowest BCUT2D eigenvalue weighted by Gasteiger charge is -2.26. The number of nitrogens with zero attached hydrogens (tertiary/aromatic N) is 1. The number of amides is 4. The second-order valence-electron chi connectivity index (χ2n) is 7.85. The van der Waals surface area contributed by atoms with Gasteiger partial charge in [-0.25, -0.2) is 14.5 Å². The maximum absolute atomic E-state index is 13.2. The number of carbonyl (C=O) groups is 4. The van der Waals surface area contributed by atoms with Gasteiger partial charge in [-0.3, -0.25) is 14.9 Å². The number of nitrogens with one attached hydrogen (secondary N) is 1. The number of benzene rings is 3. The van der Waals surface area contributed by atoms with Gasteiger partial charge in [0.2, 0.25) is 0 Å². The van der Waals surface area contributed by atoms with Crippen molar-refractivity contribution >= 4 is 47.2 Å². The summed E-state index contributed by atoms with van der Waals surface area (Å²) in [6.07, 6.45) is 1.29.